The summed E-state index contributed by atoms with van der Waals surface area (Å²) in [5.41, 5.74) is 1.86. The van der Waals surface area contributed by atoms with Gasteiger partial charge in [-0.15, -0.1) is 0 Å². The molecule has 0 radical (unpaired) electrons. The molecule has 2 fully saturated rings. The Morgan fingerprint density at radius 2 is 2.13 bits per heavy atom. The van der Waals surface area contributed by atoms with Crippen molar-refractivity contribution in [2.75, 3.05) is 20.2 Å². The molecule has 2 saturated heterocycles. The Bertz CT molecular complexity index is 279. The van der Waals surface area contributed by atoms with Crippen LogP contribution in [0.25, 0.3) is 0 Å². The lowest BCUT2D eigenvalue weighted by molar-refractivity contribution is 0.0900. The van der Waals surface area contributed by atoms with Crippen molar-refractivity contribution in [2.45, 2.75) is 45.3 Å². The molecule has 2 nitrogen and oxygen atoms in total. The molecule has 0 spiro atoms. The molecule has 0 aromatic heterocycles. The first-order chi connectivity index (χ1) is 6.91. The summed E-state index contributed by atoms with van der Waals surface area (Å²) in [4.78, 5) is 2.59. The van der Waals surface area contributed by atoms with E-state index in [1.54, 1.807) is 0 Å². The average molecular weight is 209 g/mol. The molecule has 2 aliphatic heterocycles. The minimum atomic E-state index is 0.188. The SMILES string of the molecule is C=C1CCN2C[C@@H](OC)CC12C(C)(C)C. The van der Waals surface area contributed by atoms with Crippen LogP contribution in [0.1, 0.15) is 33.6 Å². The van der Waals surface area contributed by atoms with E-state index in [-0.39, 0.29) is 11.0 Å². The first-order valence-corrected chi connectivity index (χ1v) is 5.88. The summed E-state index contributed by atoms with van der Waals surface area (Å²) in [6.07, 6.45) is 2.67. The lowest BCUT2D eigenvalue weighted by Gasteiger charge is -2.45. The maximum Gasteiger partial charge on any atom is 0.0719 e. The van der Waals surface area contributed by atoms with Gasteiger partial charge in [-0.3, -0.25) is 4.90 Å². The molecule has 0 bridgehead atoms. The molecule has 86 valence electrons. The highest BCUT2D eigenvalue weighted by Crippen LogP contribution is 2.52. The van der Waals surface area contributed by atoms with Gasteiger partial charge in [0, 0.05) is 25.7 Å². The van der Waals surface area contributed by atoms with Gasteiger partial charge < -0.3 is 4.74 Å². The van der Waals surface area contributed by atoms with Crippen LogP contribution in [0.3, 0.4) is 0 Å². The van der Waals surface area contributed by atoms with Crippen LogP contribution in [0.4, 0.5) is 0 Å². The summed E-state index contributed by atoms with van der Waals surface area (Å²) < 4.78 is 5.53. The van der Waals surface area contributed by atoms with E-state index >= 15 is 0 Å². The molecule has 0 N–H and O–H groups in total. The Balaban J connectivity index is 2.36. The van der Waals surface area contributed by atoms with Crippen LogP contribution in [-0.4, -0.2) is 36.7 Å². The Morgan fingerprint density at radius 3 is 2.60 bits per heavy atom. The maximum atomic E-state index is 5.53. The fourth-order valence-electron chi connectivity index (χ4n) is 3.52. The Hall–Kier alpha value is -0.340. The van der Waals surface area contributed by atoms with E-state index in [0.717, 1.165) is 25.9 Å². The second kappa shape index (κ2) is 3.33. The van der Waals surface area contributed by atoms with E-state index in [0.29, 0.717) is 6.10 Å². The van der Waals surface area contributed by atoms with E-state index in [2.05, 4.69) is 32.3 Å². The van der Waals surface area contributed by atoms with Gasteiger partial charge in [0.25, 0.3) is 0 Å². The van der Waals surface area contributed by atoms with Crippen LogP contribution in [0.15, 0.2) is 12.2 Å². The monoisotopic (exact) mass is 209 g/mol. The van der Waals surface area contributed by atoms with Crippen molar-refractivity contribution in [3.05, 3.63) is 12.2 Å². The van der Waals surface area contributed by atoms with Crippen molar-refractivity contribution in [3.63, 3.8) is 0 Å². The lowest BCUT2D eigenvalue weighted by atomic mass is 9.69. The zero-order valence-corrected chi connectivity index (χ0v) is 10.5. The van der Waals surface area contributed by atoms with Crippen LogP contribution in [0, 0.1) is 5.41 Å². The largest absolute Gasteiger partial charge is 0.380 e. The van der Waals surface area contributed by atoms with Crippen molar-refractivity contribution in [2.24, 2.45) is 5.41 Å². The molecule has 0 amide bonds. The summed E-state index contributed by atoms with van der Waals surface area (Å²) in [6, 6.07) is 0. The predicted molar refractivity (Wildman–Crippen MR) is 62.9 cm³/mol. The van der Waals surface area contributed by atoms with Gasteiger partial charge in [-0.2, -0.15) is 0 Å². The lowest BCUT2D eigenvalue weighted by Crippen LogP contribution is -2.50. The van der Waals surface area contributed by atoms with Crippen LogP contribution >= 0.6 is 0 Å². The minimum Gasteiger partial charge on any atom is -0.380 e. The zero-order chi connectivity index (χ0) is 11.3. The summed E-state index contributed by atoms with van der Waals surface area (Å²) >= 11 is 0. The minimum absolute atomic E-state index is 0.188. The van der Waals surface area contributed by atoms with Gasteiger partial charge >= 0.3 is 0 Å². The normalized spacial score (nSPS) is 37.3. The van der Waals surface area contributed by atoms with Crippen molar-refractivity contribution >= 4 is 0 Å². The molecule has 0 aromatic carbocycles. The standard InChI is InChI=1S/C13H23NO/c1-10-6-7-14-9-11(15-5)8-13(10,14)12(2,3)4/h11H,1,6-9H2,2-5H3/t11-,13?/m0/s1. The summed E-state index contributed by atoms with van der Waals surface area (Å²) in [5, 5.41) is 0. The van der Waals surface area contributed by atoms with Crippen molar-refractivity contribution < 1.29 is 4.74 Å². The van der Waals surface area contributed by atoms with E-state index in [1.165, 1.54) is 5.57 Å². The number of ether oxygens (including phenoxy) is 1. The third-order valence-electron chi connectivity index (χ3n) is 4.33. The van der Waals surface area contributed by atoms with Gasteiger partial charge in [-0.05, 0) is 18.3 Å². The Morgan fingerprint density at radius 1 is 1.47 bits per heavy atom. The van der Waals surface area contributed by atoms with Crippen molar-refractivity contribution in [1.29, 1.82) is 0 Å². The van der Waals surface area contributed by atoms with Crippen molar-refractivity contribution in [3.8, 4) is 0 Å². The molecule has 15 heavy (non-hydrogen) atoms. The van der Waals surface area contributed by atoms with Crippen molar-refractivity contribution in [1.82, 2.24) is 4.90 Å². The van der Waals surface area contributed by atoms with E-state index < -0.39 is 0 Å². The number of nitrogens with zero attached hydrogens (tertiary/aromatic N) is 1. The number of fused-ring (bicyclic) bond motifs is 1. The first-order valence-electron chi connectivity index (χ1n) is 5.88. The van der Waals surface area contributed by atoms with Crippen LogP contribution in [0.2, 0.25) is 0 Å². The fraction of sp³-hybridized carbons (Fsp3) is 0.846. The number of hydrogen-bond donors (Lipinski definition) is 0. The topological polar surface area (TPSA) is 12.5 Å². The molecule has 0 aromatic rings. The Kier molecular flexibility index (Phi) is 2.47. The summed E-state index contributed by atoms with van der Waals surface area (Å²) in [6.45, 7) is 13.5. The molecular weight excluding hydrogens is 186 g/mol. The second-order valence-corrected chi connectivity index (χ2v) is 5.97. The molecule has 2 heteroatoms. The van der Waals surface area contributed by atoms with Crippen LogP contribution in [-0.2, 0) is 4.74 Å². The third-order valence-corrected chi connectivity index (χ3v) is 4.33. The number of methoxy groups -OCH3 is 1. The highest BCUT2D eigenvalue weighted by atomic mass is 16.5. The van der Waals surface area contributed by atoms with E-state index in [1.807, 2.05) is 7.11 Å². The van der Waals surface area contributed by atoms with Gasteiger partial charge in [-0.25, -0.2) is 0 Å². The smallest absolute Gasteiger partial charge is 0.0719 e. The number of hydrogen-bond acceptors (Lipinski definition) is 2. The van der Waals surface area contributed by atoms with Gasteiger partial charge in [0.15, 0.2) is 0 Å². The molecule has 0 aliphatic carbocycles. The van der Waals surface area contributed by atoms with Gasteiger partial charge in [-0.1, -0.05) is 32.9 Å². The Labute approximate surface area is 93.3 Å². The quantitative estimate of drug-likeness (QED) is 0.615. The third kappa shape index (κ3) is 1.38. The zero-order valence-electron chi connectivity index (χ0n) is 10.5. The number of rotatable bonds is 1. The highest BCUT2D eigenvalue weighted by molar-refractivity contribution is 5.30. The molecule has 2 aliphatic rings. The van der Waals surface area contributed by atoms with Gasteiger partial charge in [0.1, 0.15) is 0 Å². The molecule has 2 heterocycles. The fourth-order valence-corrected chi connectivity index (χ4v) is 3.52. The molecule has 2 atom stereocenters. The molecule has 2 rings (SSSR count). The van der Waals surface area contributed by atoms with E-state index in [9.17, 15) is 0 Å². The molecule has 0 saturated carbocycles. The van der Waals surface area contributed by atoms with Gasteiger partial charge in [0.2, 0.25) is 0 Å². The van der Waals surface area contributed by atoms with Crippen LogP contribution in [0.5, 0.6) is 0 Å². The first kappa shape index (κ1) is 11.2. The summed E-state index contributed by atoms with van der Waals surface area (Å²) in [7, 11) is 1.83. The molecular formula is C13H23NO. The maximum absolute atomic E-state index is 5.53. The van der Waals surface area contributed by atoms with Gasteiger partial charge in [0.05, 0.1) is 6.10 Å². The van der Waals surface area contributed by atoms with Crippen LogP contribution < -0.4 is 0 Å². The predicted octanol–water partition coefficient (Wildman–Crippen LogP) is 2.45. The average Bonchev–Trinajstić information content (AvgIpc) is 2.64. The van der Waals surface area contributed by atoms with E-state index in [4.69, 9.17) is 4.74 Å². The second-order valence-electron chi connectivity index (χ2n) is 5.97. The summed E-state index contributed by atoms with van der Waals surface area (Å²) in [5.74, 6) is 0. The highest BCUT2D eigenvalue weighted by Gasteiger charge is 2.56. The molecule has 1 unspecified atom stereocenters.